The first-order valence-electron chi connectivity index (χ1n) is 6.96. The largest absolute Gasteiger partial charge is 0.507 e. The van der Waals surface area contributed by atoms with Gasteiger partial charge in [-0.1, -0.05) is 6.07 Å². The molecule has 1 fully saturated rings. The van der Waals surface area contributed by atoms with E-state index in [0.717, 1.165) is 13.1 Å². The summed E-state index contributed by atoms with van der Waals surface area (Å²) in [5.74, 6) is 0.0757. The van der Waals surface area contributed by atoms with Gasteiger partial charge in [0.25, 0.3) is 0 Å². The summed E-state index contributed by atoms with van der Waals surface area (Å²) in [6.45, 7) is 5.76. The third kappa shape index (κ3) is 2.69. The molecule has 112 valence electrons. The topological polar surface area (TPSA) is 77.1 Å². The minimum Gasteiger partial charge on any atom is -0.507 e. The second-order valence-electron chi connectivity index (χ2n) is 5.49. The van der Waals surface area contributed by atoms with E-state index in [4.69, 9.17) is 0 Å². The lowest BCUT2D eigenvalue weighted by Gasteiger charge is -2.35. The number of phenolic OH excluding ortho intramolecular Hbond substituents is 1. The number of hydrogen-bond acceptors (Lipinski definition) is 5. The van der Waals surface area contributed by atoms with E-state index in [2.05, 4.69) is 34.3 Å². The lowest BCUT2D eigenvalue weighted by atomic mass is 10.1. The Balaban J connectivity index is 1.90. The molecule has 1 saturated heterocycles. The summed E-state index contributed by atoms with van der Waals surface area (Å²) in [7, 11) is 0. The Bertz CT molecular complexity index is 614. The van der Waals surface area contributed by atoms with Crippen molar-refractivity contribution in [1.82, 2.24) is 20.5 Å². The Morgan fingerprint density at radius 3 is 2.67 bits per heavy atom. The summed E-state index contributed by atoms with van der Waals surface area (Å²) in [6.07, 6.45) is 0. The Morgan fingerprint density at radius 1 is 1.29 bits per heavy atom. The van der Waals surface area contributed by atoms with Crippen LogP contribution in [0.2, 0.25) is 0 Å². The van der Waals surface area contributed by atoms with Crippen LogP contribution in [0.5, 0.6) is 5.75 Å². The standard InChI is InChI=1S/C14H18FN5O/c1-8-6-20(7-9(2)16-8)14-17-13(18-19-14)12-10(15)4-3-5-11(12)21/h3-5,8-9,16,21H,6-7H2,1-2H3,(H,17,18,19). The average Bonchev–Trinajstić information content (AvgIpc) is 2.87. The highest BCUT2D eigenvalue weighted by atomic mass is 19.1. The smallest absolute Gasteiger partial charge is 0.245 e. The SMILES string of the molecule is CC1CN(c2n[nH]c(-c3c(O)cccc3F)n2)CC(C)N1. The van der Waals surface area contributed by atoms with Gasteiger partial charge in [-0.3, -0.25) is 5.10 Å². The highest BCUT2D eigenvalue weighted by Crippen LogP contribution is 2.30. The van der Waals surface area contributed by atoms with E-state index in [1.807, 2.05) is 4.90 Å². The van der Waals surface area contributed by atoms with Crippen LogP contribution in [0.3, 0.4) is 0 Å². The molecule has 7 heteroatoms. The number of aromatic amines is 1. The maximum absolute atomic E-state index is 13.8. The zero-order chi connectivity index (χ0) is 15.0. The summed E-state index contributed by atoms with van der Waals surface area (Å²) in [5, 5.41) is 20.1. The van der Waals surface area contributed by atoms with Crippen molar-refractivity contribution in [2.24, 2.45) is 0 Å². The van der Waals surface area contributed by atoms with Crippen molar-refractivity contribution in [3.05, 3.63) is 24.0 Å². The molecule has 2 aromatic rings. The predicted molar refractivity (Wildman–Crippen MR) is 77.7 cm³/mol. The molecule has 1 aliphatic heterocycles. The number of anilines is 1. The van der Waals surface area contributed by atoms with E-state index in [1.165, 1.54) is 18.2 Å². The Morgan fingerprint density at radius 2 is 2.00 bits per heavy atom. The van der Waals surface area contributed by atoms with Crippen molar-refractivity contribution in [3.63, 3.8) is 0 Å². The van der Waals surface area contributed by atoms with Crippen molar-refractivity contribution >= 4 is 5.95 Å². The number of rotatable bonds is 2. The Kier molecular flexibility index (Phi) is 3.50. The van der Waals surface area contributed by atoms with Crippen LogP contribution in [0.25, 0.3) is 11.4 Å². The molecule has 3 N–H and O–H groups in total. The molecule has 1 aromatic carbocycles. The molecular weight excluding hydrogens is 273 g/mol. The molecule has 3 rings (SSSR count). The molecule has 1 aromatic heterocycles. The number of benzene rings is 1. The second-order valence-corrected chi connectivity index (χ2v) is 5.49. The Hall–Kier alpha value is -2.15. The van der Waals surface area contributed by atoms with Crippen molar-refractivity contribution in [1.29, 1.82) is 0 Å². The van der Waals surface area contributed by atoms with Crippen LogP contribution in [0.4, 0.5) is 10.3 Å². The highest BCUT2D eigenvalue weighted by molar-refractivity contribution is 5.65. The van der Waals surface area contributed by atoms with Gasteiger partial charge in [-0.15, -0.1) is 5.10 Å². The molecule has 6 nitrogen and oxygen atoms in total. The van der Waals surface area contributed by atoms with Crippen LogP contribution in [0, 0.1) is 5.82 Å². The fourth-order valence-electron chi connectivity index (χ4n) is 2.74. The molecule has 0 radical (unpaired) electrons. The van der Waals surface area contributed by atoms with Crippen molar-refractivity contribution in [2.75, 3.05) is 18.0 Å². The number of halogens is 1. The van der Waals surface area contributed by atoms with Crippen molar-refractivity contribution < 1.29 is 9.50 Å². The minimum atomic E-state index is -0.528. The summed E-state index contributed by atoms with van der Waals surface area (Å²) in [6, 6.07) is 4.82. The fourth-order valence-corrected chi connectivity index (χ4v) is 2.74. The molecule has 1 aliphatic rings. The number of phenols is 1. The number of H-pyrrole nitrogens is 1. The van der Waals surface area contributed by atoms with Crippen LogP contribution >= 0.6 is 0 Å². The van der Waals surface area contributed by atoms with Crippen molar-refractivity contribution in [3.8, 4) is 17.1 Å². The van der Waals surface area contributed by atoms with Gasteiger partial charge in [0.15, 0.2) is 5.82 Å². The van der Waals surface area contributed by atoms with Gasteiger partial charge in [-0.25, -0.2) is 4.39 Å². The Labute approximate surface area is 122 Å². The van der Waals surface area contributed by atoms with Gasteiger partial charge < -0.3 is 15.3 Å². The molecule has 21 heavy (non-hydrogen) atoms. The molecule has 2 heterocycles. The monoisotopic (exact) mass is 291 g/mol. The van der Waals surface area contributed by atoms with Gasteiger partial charge in [0.2, 0.25) is 5.95 Å². The third-order valence-corrected chi connectivity index (χ3v) is 3.54. The molecule has 0 aliphatic carbocycles. The number of aromatic hydroxyl groups is 1. The minimum absolute atomic E-state index is 0.0486. The zero-order valence-corrected chi connectivity index (χ0v) is 12.0. The summed E-state index contributed by atoms with van der Waals surface area (Å²) in [4.78, 5) is 6.37. The van der Waals surface area contributed by atoms with E-state index >= 15 is 0 Å². The third-order valence-electron chi connectivity index (χ3n) is 3.54. The van der Waals surface area contributed by atoms with Gasteiger partial charge in [0.05, 0.1) is 5.56 Å². The first-order chi connectivity index (χ1) is 10.0. The van der Waals surface area contributed by atoms with Crippen LogP contribution in [0.1, 0.15) is 13.8 Å². The number of nitrogens with one attached hydrogen (secondary N) is 2. The van der Waals surface area contributed by atoms with Crippen LogP contribution in [0.15, 0.2) is 18.2 Å². The van der Waals surface area contributed by atoms with Gasteiger partial charge >= 0.3 is 0 Å². The molecule has 2 atom stereocenters. The zero-order valence-electron chi connectivity index (χ0n) is 12.0. The molecule has 0 bridgehead atoms. The molecule has 0 spiro atoms. The molecule has 0 saturated carbocycles. The maximum Gasteiger partial charge on any atom is 0.245 e. The quantitative estimate of drug-likeness (QED) is 0.781. The molecular formula is C14H18FN5O. The normalized spacial score (nSPS) is 22.5. The van der Waals surface area contributed by atoms with Crippen molar-refractivity contribution in [2.45, 2.75) is 25.9 Å². The number of aromatic nitrogens is 3. The van der Waals surface area contributed by atoms with Gasteiger partial charge in [0.1, 0.15) is 11.6 Å². The van der Waals surface area contributed by atoms with E-state index in [-0.39, 0.29) is 17.1 Å². The number of nitrogens with zero attached hydrogens (tertiary/aromatic N) is 3. The predicted octanol–water partition coefficient (Wildman–Crippen LogP) is 1.50. The van der Waals surface area contributed by atoms with Gasteiger partial charge in [-0.2, -0.15) is 4.98 Å². The molecule has 2 unspecified atom stereocenters. The van der Waals surface area contributed by atoms with Gasteiger partial charge in [-0.05, 0) is 26.0 Å². The first-order valence-corrected chi connectivity index (χ1v) is 6.96. The summed E-state index contributed by atoms with van der Waals surface area (Å²) in [5.41, 5.74) is 0.0486. The highest BCUT2D eigenvalue weighted by Gasteiger charge is 2.24. The second kappa shape index (κ2) is 5.33. The van der Waals surface area contributed by atoms with Crippen LogP contribution in [-0.2, 0) is 0 Å². The van der Waals surface area contributed by atoms with E-state index in [9.17, 15) is 9.50 Å². The van der Waals surface area contributed by atoms with E-state index < -0.39 is 5.82 Å². The number of piperazine rings is 1. The summed E-state index contributed by atoms with van der Waals surface area (Å²) >= 11 is 0. The van der Waals surface area contributed by atoms with E-state index in [1.54, 1.807) is 0 Å². The lowest BCUT2D eigenvalue weighted by molar-refractivity contribution is 0.403. The van der Waals surface area contributed by atoms with E-state index in [0.29, 0.717) is 18.0 Å². The van der Waals surface area contributed by atoms with Crippen LogP contribution in [-0.4, -0.2) is 45.5 Å². The summed E-state index contributed by atoms with van der Waals surface area (Å²) < 4.78 is 13.8. The molecule has 0 amide bonds. The maximum atomic E-state index is 13.8. The number of hydrogen-bond donors (Lipinski definition) is 3. The lowest BCUT2D eigenvalue weighted by Crippen LogP contribution is -2.54. The van der Waals surface area contributed by atoms with Gasteiger partial charge in [0, 0.05) is 25.2 Å². The van der Waals surface area contributed by atoms with Crippen LogP contribution < -0.4 is 10.2 Å². The average molecular weight is 291 g/mol. The first kappa shape index (κ1) is 13.8. The fraction of sp³-hybridized carbons (Fsp3) is 0.429.